The molecule has 0 bridgehead atoms. The van der Waals surface area contributed by atoms with Crippen LogP contribution in [0.15, 0.2) is 21.3 Å². The van der Waals surface area contributed by atoms with Crippen LogP contribution in [0.2, 0.25) is 5.02 Å². The summed E-state index contributed by atoms with van der Waals surface area (Å²) in [7, 11) is 1.58. The van der Waals surface area contributed by atoms with Gasteiger partial charge < -0.3 is 19.8 Å². The summed E-state index contributed by atoms with van der Waals surface area (Å²) in [6.07, 6.45) is 2.25. The molecule has 0 amide bonds. The van der Waals surface area contributed by atoms with Crippen molar-refractivity contribution in [1.29, 1.82) is 0 Å². The van der Waals surface area contributed by atoms with E-state index in [9.17, 15) is 4.79 Å². The van der Waals surface area contributed by atoms with Gasteiger partial charge in [0.25, 0.3) is 0 Å². The molecule has 0 unspecified atom stereocenters. The Labute approximate surface area is 144 Å². The van der Waals surface area contributed by atoms with Crippen LogP contribution in [0.5, 0.6) is 5.75 Å². The number of aromatic nitrogens is 2. The van der Waals surface area contributed by atoms with Crippen molar-refractivity contribution in [1.82, 2.24) is 15.5 Å². The fourth-order valence-electron chi connectivity index (χ4n) is 3.09. The SMILES string of the molecule is COc1c(Cl)cc(-c2n[nH]c(=O)o2)cc1N[C@@H](C)C1CCNCC1. The van der Waals surface area contributed by atoms with Crippen LogP contribution in [0.4, 0.5) is 5.69 Å². The maximum Gasteiger partial charge on any atom is 0.434 e. The predicted molar refractivity (Wildman–Crippen MR) is 92.8 cm³/mol. The maximum atomic E-state index is 11.2. The molecule has 1 aromatic carbocycles. The first-order valence-electron chi connectivity index (χ1n) is 7.99. The molecule has 24 heavy (non-hydrogen) atoms. The smallest absolute Gasteiger partial charge is 0.434 e. The number of hydrogen-bond donors (Lipinski definition) is 3. The third kappa shape index (κ3) is 3.57. The number of nitrogens with zero attached hydrogens (tertiary/aromatic N) is 1. The molecule has 2 aromatic rings. The minimum absolute atomic E-state index is 0.196. The van der Waals surface area contributed by atoms with Crippen molar-refractivity contribution in [2.75, 3.05) is 25.5 Å². The normalized spacial score (nSPS) is 16.8. The van der Waals surface area contributed by atoms with Crippen LogP contribution in [0.25, 0.3) is 11.5 Å². The number of benzene rings is 1. The molecule has 0 spiro atoms. The summed E-state index contributed by atoms with van der Waals surface area (Å²) in [5, 5.41) is 13.4. The number of hydrogen-bond acceptors (Lipinski definition) is 6. The standard InChI is InChI=1S/C16H21ClN4O3/c1-9(10-3-5-18-6-4-10)19-13-8-11(7-12(17)14(13)23-2)15-20-21-16(22)24-15/h7-10,18-19H,3-6H2,1-2H3,(H,21,22)/t9-/m0/s1. The van der Waals surface area contributed by atoms with Gasteiger partial charge in [-0.2, -0.15) is 0 Å². The van der Waals surface area contributed by atoms with Crippen molar-refractivity contribution in [2.24, 2.45) is 5.92 Å². The molecule has 1 aromatic heterocycles. The van der Waals surface area contributed by atoms with Crippen molar-refractivity contribution in [3.63, 3.8) is 0 Å². The van der Waals surface area contributed by atoms with E-state index in [0.717, 1.165) is 31.6 Å². The van der Waals surface area contributed by atoms with Gasteiger partial charge in [-0.3, -0.25) is 0 Å². The first-order valence-corrected chi connectivity index (χ1v) is 8.37. The van der Waals surface area contributed by atoms with Gasteiger partial charge in [-0.25, -0.2) is 9.89 Å². The molecule has 8 heteroatoms. The van der Waals surface area contributed by atoms with Crippen molar-refractivity contribution in [3.8, 4) is 17.2 Å². The van der Waals surface area contributed by atoms with E-state index in [0.29, 0.717) is 22.3 Å². The van der Waals surface area contributed by atoms with Crippen molar-refractivity contribution in [3.05, 3.63) is 27.7 Å². The van der Waals surface area contributed by atoms with E-state index in [4.69, 9.17) is 20.8 Å². The lowest BCUT2D eigenvalue weighted by Gasteiger charge is -2.30. The zero-order valence-electron chi connectivity index (χ0n) is 13.7. The average molecular weight is 353 g/mol. The van der Waals surface area contributed by atoms with Crippen molar-refractivity contribution >= 4 is 17.3 Å². The lowest BCUT2D eigenvalue weighted by Crippen LogP contribution is -2.36. The zero-order chi connectivity index (χ0) is 17.1. The van der Waals surface area contributed by atoms with Gasteiger partial charge in [0, 0.05) is 11.6 Å². The van der Waals surface area contributed by atoms with Gasteiger partial charge in [0.1, 0.15) is 0 Å². The number of halogens is 1. The number of rotatable bonds is 5. The molecule has 3 N–H and O–H groups in total. The Hall–Kier alpha value is -1.99. The Kier molecular flexibility index (Phi) is 5.11. The van der Waals surface area contributed by atoms with E-state index in [1.807, 2.05) is 6.07 Å². The van der Waals surface area contributed by atoms with Gasteiger partial charge >= 0.3 is 5.76 Å². The third-order valence-corrected chi connectivity index (χ3v) is 4.69. The number of ether oxygens (including phenoxy) is 1. The highest BCUT2D eigenvalue weighted by atomic mass is 35.5. The van der Waals surface area contributed by atoms with Gasteiger partial charge in [-0.15, -0.1) is 5.10 Å². The average Bonchev–Trinajstić information content (AvgIpc) is 3.02. The first kappa shape index (κ1) is 16.9. The Balaban J connectivity index is 1.89. The molecule has 1 fully saturated rings. The van der Waals surface area contributed by atoms with E-state index in [2.05, 4.69) is 27.8 Å². The maximum absolute atomic E-state index is 11.2. The first-order chi connectivity index (χ1) is 11.6. The summed E-state index contributed by atoms with van der Waals surface area (Å²) in [6, 6.07) is 3.76. The summed E-state index contributed by atoms with van der Waals surface area (Å²) in [6.45, 7) is 4.23. The minimum Gasteiger partial charge on any atom is -0.493 e. The van der Waals surface area contributed by atoms with Crippen molar-refractivity contribution in [2.45, 2.75) is 25.8 Å². The number of aromatic amines is 1. The summed E-state index contributed by atoms with van der Waals surface area (Å²) >= 11 is 6.33. The quantitative estimate of drug-likeness (QED) is 0.765. The van der Waals surface area contributed by atoms with Crippen LogP contribution >= 0.6 is 11.6 Å². The van der Waals surface area contributed by atoms with Gasteiger partial charge in [0.05, 0.1) is 17.8 Å². The van der Waals surface area contributed by atoms with Crippen LogP contribution in [0.3, 0.4) is 0 Å². The van der Waals surface area contributed by atoms with Gasteiger partial charge in [-0.05, 0) is 50.9 Å². The van der Waals surface area contributed by atoms with Gasteiger partial charge in [0.15, 0.2) is 5.75 Å². The molecule has 1 aliphatic heterocycles. The second kappa shape index (κ2) is 7.27. The van der Waals surface area contributed by atoms with E-state index in [1.54, 1.807) is 13.2 Å². The Morgan fingerprint density at radius 2 is 2.17 bits per heavy atom. The van der Waals surface area contributed by atoms with Crippen LogP contribution in [0.1, 0.15) is 19.8 Å². The molecule has 0 saturated carbocycles. The van der Waals surface area contributed by atoms with E-state index in [1.165, 1.54) is 0 Å². The summed E-state index contributed by atoms with van der Waals surface area (Å²) in [4.78, 5) is 11.2. The van der Waals surface area contributed by atoms with E-state index in [-0.39, 0.29) is 11.9 Å². The van der Waals surface area contributed by atoms with Crippen molar-refractivity contribution < 1.29 is 9.15 Å². The molecule has 1 saturated heterocycles. The molecule has 2 heterocycles. The lowest BCUT2D eigenvalue weighted by molar-refractivity contribution is 0.342. The summed E-state index contributed by atoms with van der Waals surface area (Å²) in [5.74, 6) is 0.734. The Morgan fingerprint density at radius 1 is 1.42 bits per heavy atom. The highest BCUT2D eigenvalue weighted by molar-refractivity contribution is 6.32. The van der Waals surface area contributed by atoms with E-state index >= 15 is 0 Å². The largest absolute Gasteiger partial charge is 0.493 e. The highest BCUT2D eigenvalue weighted by Crippen LogP contribution is 2.38. The second-order valence-corrected chi connectivity index (χ2v) is 6.38. The second-order valence-electron chi connectivity index (χ2n) is 5.98. The van der Waals surface area contributed by atoms with Gasteiger partial charge in [0.2, 0.25) is 5.89 Å². The van der Waals surface area contributed by atoms with Gasteiger partial charge in [-0.1, -0.05) is 11.6 Å². The number of anilines is 1. The molecule has 0 radical (unpaired) electrons. The number of nitrogens with one attached hydrogen (secondary N) is 3. The monoisotopic (exact) mass is 352 g/mol. The molecular weight excluding hydrogens is 332 g/mol. The Morgan fingerprint density at radius 3 is 2.79 bits per heavy atom. The highest BCUT2D eigenvalue weighted by Gasteiger charge is 2.22. The predicted octanol–water partition coefficient (Wildman–Crippen LogP) is 2.49. The molecular formula is C16H21ClN4O3. The number of H-pyrrole nitrogens is 1. The van der Waals surface area contributed by atoms with E-state index < -0.39 is 5.76 Å². The molecule has 7 nitrogen and oxygen atoms in total. The summed E-state index contributed by atoms with van der Waals surface area (Å²) in [5.41, 5.74) is 1.37. The molecule has 1 aliphatic rings. The van der Waals surface area contributed by atoms with Crippen LogP contribution in [0, 0.1) is 5.92 Å². The number of methoxy groups -OCH3 is 1. The van der Waals surface area contributed by atoms with Crippen LogP contribution in [-0.4, -0.2) is 36.4 Å². The fraction of sp³-hybridized carbons (Fsp3) is 0.500. The number of piperidine rings is 1. The third-order valence-electron chi connectivity index (χ3n) is 4.41. The fourth-order valence-corrected chi connectivity index (χ4v) is 3.39. The zero-order valence-corrected chi connectivity index (χ0v) is 14.4. The van der Waals surface area contributed by atoms with Crippen LogP contribution in [-0.2, 0) is 0 Å². The topological polar surface area (TPSA) is 92.2 Å². The molecule has 3 rings (SSSR count). The van der Waals surface area contributed by atoms with Crippen LogP contribution < -0.4 is 21.1 Å². The minimum atomic E-state index is -0.602. The summed E-state index contributed by atoms with van der Waals surface area (Å²) < 4.78 is 10.4. The molecule has 0 aliphatic carbocycles. The Bertz CT molecular complexity index is 752. The molecule has 1 atom stereocenters. The lowest BCUT2D eigenvalue weighted by atomic mass is 9.91. The molecule has 130 valence electrons.